The van der Waals surface area contributed by atoms with Gasteiger partial charge in [-0.1, -0.05) is 65.7 Å². The number of aliphatic hydroxyl groups is 1. The van der Waals surface area contributed by atoms with Crippen molar-refractivity contribution in [1.29, 1.82) is 5.26 Å². The Hall–Kier alpha value is -3.79. The number of fused-ring (bicyclic) bond motifs is 1. The molecule has 3 aromatic carbocycles. The van der Waals surface area contributed by atoms with Crippen molar-refractivity contribution in [2.75, 3.05) is 0 Å². The molecule has 1 aliphatic rings. The normalized spacial score (nSPS) is 22.6. The van der Waals surface area contributed by atoms with Gasteiger partial charge in [0.15, 0.2) is 12.4 Å². The molecule has 0 spiro atoms. The van der Waals surface area contributed by atoms with E-state index in [0.717, 1.165) is 10.8 Å². The summed E-state index contributed by atoms with van der Waals surface area (Å²) >= 11 is 5.53. The molecule has 0 radical (unpaired) electrons. The molecule has 5 rings (SSSR count). The van der Waals surface area contributed by atoms with Gasteiger partial charge in [-0.3, -0.25) is 0 Å². The molecule has 0 amide bonds. The van der Waals surface area contributed by atoms with E-state index in [4.69, 9.17) is 12.6 Å². The van der Waals surface area contributed by atoms with E-state index in [9.17, 15) is 14.8 Å². The Morgan fingerprint density at radius 3 is 2.42 bits per heavy atom. The van der Waals surface area contributed by atoms with E-state index in [1.165, 1.54) is 12.1 Å². The highest BCUT2D eigenvalue weighted by atomic mass is 32.1. The van der Waals surface area contributed by atoms with Crippen molar-refractivity contribution in [3.05, 3.63) is 125 Å². The van der Waals surface area contributed by atoms with Crippen LogP contribution in [-0.2, 0) is 18.4 Å². The first-order valence-electron chi connectivity index (χ1n) is 10.5. The molecule has 6 heteroatoms. The van der Waals surface area contributed by atoms with Gasteiger partial charge in [-0.2, -0.15) is 9.83 Å². The molecular weight excluding hydrogens is 433 g/mol. The monoisotopic (exact) mass is 453 g/mol. The van der Waals surface area contributed by atoms with E-state index in [0.29, 0.717) is 11.1 Å². The van der Waals surface area contributed by atoms with Gasteiger partial charge in [0.1, 0.15) is 5.82 Å². The molecule has 33 heavy (non-hydrogen) atoms. The van der Waals surface area contributed by atoms with Crippen molar-refractivity contribution in [1.82, 2.24) is 5.32 Å². The molecule has 1 aromatic heterocycles. The largest absolute Gasteiger partial charge is 0.762 e. The molecule has 4 aromatic rings. The number of nitrogens with one attached hydrogen (secondary N) is 1. The average Bonchev–Trinajstić information content (AvgIpc) is 2.84. The predicted molar refractivity (Wildman–Crippen MR) is 126 cm³/mol. The van der Waals surface area contributed by atoms with Gasteiger partial charge in [0.2, 0.25) is 11.8 Å². The second-order valence-electron chi connectivity index (χ2n) is 8.11. The summed E-state index contributed by atoms with van der Waals surface area (Å²) in [6, 6.07) is 26.6. The van der Waals surface area contributed by atoms with E-state index in [1.54, 1.807) is 12.1 Å². The molecule has 0 fully saturated rings. The molecule has 0 aliphatic carbocycles. The maximum Gasteiger partial charge on any atom is 0.225 e. The number of benzene rings is 3. The Morgan fingerprint density at radius 1 is 0.970 bits per heavy atom. The lowest BCUT2D eigenvalue weighted by Gasteiger charge is -2.45. The van der Waals surface area contributed by atoms with Crippen LogP contribution in [-0.4, -0.2) is 5.11 Å². The average molecular weight is 454 g/mol. The first-order chi connectivity index (χ1) is 16.0. The standard InChI is InChI=1S/C27H20FN3OS/c28-22-12-6-9-19(15-22)24-23(16-29)26(33)30-27(32,21-10-2-1-3-11-21)25(24)31-14-13-18-7-4-5-8-20(18)17-31/h1-15,17,24-25,30,32H. The van der Waals surface area contributed by atoms with Crippen LogP contribution in [0.4, 0.5) is 4.39 Å². The van der Waals surface area contributed by atoms with Gasteiger partial charge in [-0.05, 0) is 29.1 Å². The molecule has 0 saturated carbocycles. The summed E-state index contributed by atoms with van der Waals surface area (Å²) < 4.78 is 16.2. The van der Waals surface area contributed by atoms with Crippen molar-refractivity contribution < 1.29 is 14.1 Å². The second-order valence-corrected chi connectivity index (χ2v) is 8.52. The summed E-state index contributed by atoms with van der Waals surface area (Å²) in [6.07, 6.45) is 3.81. The zero-order chi connectivity index (χ0) is 23.0. The van der Waals surface area contributed by atoms with Gasteiger partial charge in [-0.25, -0.2) is 4.39 Å². The molecule has 4 nitrogen and oxygen atoms in total. The van der Waals surface area contributed by atoms with E-state index in [2.05, 4.69) is 11.4 Å². The third kappa shape index (κ3) is 3.62. The van der Waals surface area contributed by atoms with Crippen molar-refractivity contribution in [2.45, 2.75) is 17.7 Å². The minimum Gasteiger partial charge on any atom is -0.762 e. The van der Waals surface area contributed by atoms with Crippen LogP contribution in [0.5, 0.6) is 0 Å². The first kappa shape index (κ1) is 21.1. The Balaban J connectivity index is 1.81. The Bertz CT molecular complexity index is 1420. The maximum absolute atomic E-state index is 14.3. The first-order valence-corrected chi connectivity index (χ1v) is 10.9. The van der Waals surface area contributed by atoms with Gasteiger partial charge in [0.05, 0.1) is 12.0 Å². The lowest BCUT2D eigenvalue weighted by Crippen LogP contribution is -2.62. The third-order valence-corrected chi connectivity index (χ3v) is 6.50. The van der Waals surface area contributed by atoms with E-state index in [1.807, 2.05) is 77.6 Å². The number of nitriles is 1. The fraction of sp³-hybridized carbons (Fsp3) is 0.111. The van der Waals surface area contributed by atoms with E-state index in [-0.39, 0.29) is 10.6 Å². The minimum atomic E-state index is -1.65. The van der Waals surface area contributed by atoms with Crippen LogP contribution < -0.4 is 9.88 Å². The molecule has 3 unspecified atom stereocenters. The maximum atomic E-state index is 14.3. The predicted octanol–water partition coefficient (Wildman–Crippen LogP) is 4.32. The summed E-state index contributed by atoms with van der Waals surface area (Å²) in [5, 5.41) is 27.4. The number of pyridine rings is 1. The smallest absolute Gasteiger partial charge is 0.225 e. The zero-order valence-corrected chi connectivity index (χ0v) is 18.3. The van der Waals surface area contributed by atoms with Gasteiger partial charge in [0, 0.05) is 22.6 Å². The highest BCUT2D eigenvalue weighted by Gasteiger charge is 2.54. The van der Waals surface area contributed by atoms with Crippen molar-refractivity contribution in [2.24, 2.45) is 0 Å². The second kappa shape index (κ2) is 8.28. The number of hydrogen-bond acceptors (Lipinski definition) is 4. The minimum absolute atomic E-state index is 0.149. The number of aromatic nitrogens is 1. The number of allylic oxidation sites excluding steroid dienone is 1. The van der Waals surface area contributed by atoms with E-state index >= 15 is 0 Å². The topological polar surface area (TPSA) is 59.9 Å². The fourth-order valence-corrected chi connectivity index (χ4v) is 5.00. The van der Waals surface area contributed by atoms with E-state index < -0.39 is 23.5 Å². The van der Waals surface area contributed by atoms with Crippen molar-refractivity contribution in [3.8, 4) is 6.07 Å². The van der Waals surface area contributed by atoms with Crippen LogP contribution >= 0.6 is 0 Å². The molecule has 2 heterocycles. The highest BCUT2D eigenvalue weighted by molar-refractivity contribution is 7.63. The number of rotatable bonds is 3. The number of halogens is 1. The Morgan fingerprint density at radius 2 is 1.70 bits per heavy atom. The molecule has 3 atom stereocenters. The Kier molecular flexibility index (Phi) is 5.29. The summed E-state index contributed by atoms with van der Waals surface area (Å²) in [5.74, 6) is -1.10. The molecule has 1 aliphatic heterocycles. The Labute approximate surface area is 196 Å². The quantitative estimate of drug-likeness (QED) is 0.358. The van der Waals surface area contributed by atoms with Crippen LogP contribution in [0.1, 0.15) is 23.1 Å². The SMILES string of the molecule is N#CC1=C([S-])NC(O)(c2ccccc2)C([n+]2ccc3ccccc3c2)C1c1cccc(F)c1. The van der Waals surface area contributed by atoms with Gasteiger partial charge < -0.3 is 23.1 Å². The molecule has 0 bridgehead atoms. The molecule has 2 N–H and O–H groups in total. The van der Waals surface area contributed by atoms with Crippen LogP contribution in [0.3, 0.4) is 0 Å². The third-order valence-electron chi connectivity index (χ3n) is 6.18. The fourth-order valence-electron chi connectivity index (χ4n) is 4.67. The summed E-state index contributed by atoms with van der Waals surface area (Å²) in [4.78, 5) is 0. The van der Waals surface area contributed by atoms with Crippen LogP contribution in [0.15, 0.2) is 108 Å². The molecular formula is C27H20FN3OS. The summed E-state index contributed by atoms with van der Waals surface area (Å²) in [7, 11) is 0. The molecule has 162 valence electrons. The van der Waals surface area contributed by atoms with Crippen LogP contribution in [0.25, 0.3) is 10.8 Å². The number of nitrogens with zero attached hydrogens (tertiary/aromatic N) is 2. The highest BCUT2D eigenvalue weighted by Crippen LogP contribution is 2.46. The van der Waals surface area contributed by atoms with Gasteiger partial charge >= 0.3 is 0 Å². The van der Waals surface area contributed by atoms with Crippen LogP contribution in [0.2, 0.25) is 0 Å². The molecule has 0 saturated heterocycles. The van der Waals surface area contributed by atoms with Crippen molar-refractivity contribution in [3.63, 3.8) is 0 Å². The number of hydrogen-bond donors (Lipinski definition) is 2. The lowest BCUT2D eigenvalue weighted by molar-refractivity contribution is -0.742. The zero-order valence-electron chi connectivity index (χ0n) is 17.5. The summed E-state index contributed by atoms with van der Waals surface area (Å²) in [5.41, 5.74) is -0.211. The lowest BCUT2D eigenvalue weighted by atomic mass is 9.75. The van der Waals surface area contributed by atoms with Crippen LogP contribution in [0, 0.1) is 17.1 Å². The van der Waals surface area contributed by atoms with Gasteiger partial charge in [-0.15, -0.1) is 0 Å². The van der Waals surface area contributed by atoms with Gasteiger partial charge in [0.25, 0.3) is 0 Å². The van der Waals surface area contributed by atoms with Crippen molar-refractivity contribution >= 4 is 23.4 Å². The summed E-state index contributed by atoms with van der Waals surface area (Å²) in [6.45, 7) is 0.